The van der Waals surface area contributed by atoms with Crippen LogP contribution < -0.4 is 0 Å². The quantitative estimate of drug-likeness (QED) is 0.615. The highest BCUT2D eigenvalue weighted by Crippen LogP contribution is 2.24. The zero-order valence-corrected chi connectivity index (χ0v) is 15.1. The Morgan fingerprint density at radius 3 is 2.77 bits per heavy atom. The van der Waals surface area contributed by atoms with Gasteiger partial charge >= 0.3 is 5.97 Å². The fourth-order valence-corrected chi connectivity index (χ4v) is 3.00. The summed E-state index contributed by atoms with van der Waals surface area (Å²) in [7, 11) is -2.06. The molecule has 2 heterocycles. The maximum absolute atomic E-state index is 11.7. The van der Waals surface area contributed by atoms with Crippen LogP contribution in [0.15, 0.2) is 39.8 Å². The molecule has 0 spiro atoms. The summed E-state index contributed by atoms with van der Waals surface area (Å²) in [5.74, 6) is -0.0674. The monoisotopic (exact) mass is 376 g/mol. The van der Waals surface area contributed by atoms with Gasteiger partial charge in [0.05, 0.1) is 17.7 Å². The molecule has 0 unspecified atom stereocenters. The maximum Gasteiger partial charge on any atom is 0.327 e. The Bertz CT molecular complexity index is 1070. The highest BCUT2D eigenvalue weighted by Gasteiger charge is 2.18. The van der Waals surface area contributed by atoms with E-state index in [0.717, 1.165) is 6.26 Å². The van der Waals surface area contributed by atoms with E-state index < -0.39 is 15.8 Å². The van der Waals surface area contributed by atoms with Crippen LogP contribution in [0.5, 0.6) is 0 Å². The van der Waals surface area contributed by atoms with Gasteiger partial charge in [0, 0.05) is 11.8 Å². The van der Waals surface area contributed by atoms with E-state index in [1.807, 2.05) is 0 Å². The summed E-state index contributed by atoms with van der Waals surface area (Å²) in [5, 5.41) is 8.13. The summed E-state index contributed by atoms with van der Waals surface area (Å²) in [6, 6.07) is 7.93. The van der Waals surface area contributed by atoms with Gasteiger partial charge in [0.2, 0.25) is 5.82 Å². The SMILES string of the molecule is COC(=O)Cn1nc(C)cc1-c1noc(-c2cccc(S(C)(=O)=O)c2)n1. The molecule has 3 rings (SSSR count). The van der Waals surface area contributed by atoms with E-state index in [1.54, 1.807) is 25.1 Å². The highest BCUT2D eigenvalue weighted by atomic mass is 32.2. The van der Waals surface area contributed by atoms with Crippen molar-refractivity contribution in [1.29, 1.82) is 0 Å². The number of hydrogen-bond donors (Lipinski definition) is 0. The second-order valence-electron chi connectivity index (χ2n) is 5.63. The second kappa shape index (κ2) is 6.71. The van der Waals surface area contributed by atoms with E-state index in [2.05, 4.69) is 20.0 Å². The van der Waals surface area contributed by atoms with Crippen molar-refractivity contribution in [2.45, 2.75) is 18.4 Å². The number of carbonyl (C=O) groups excluding carboxylic acids is 1. The van der Waals surface area contributed by atoms with Crippen LogP contribution in [-0.2, 0) is 25.9 Å². The number of hydrogen-bond acceptors (Lipinski definition) is 8. The molecule has 0 radical (unpaired) electrons. The molecule has 3 aromatic rings. The van der Waals surface area contributed by atoms with Gasteiger partial charge in [0.1, 0.15) is 12.2 Å². The first-order valence-corrected chi connectivity index (χ1v) is 9.43. The van der Waals surface area contributed by atoms with E-state index in [4.69, 9.17) is 4.52 Å². The molecule has 0 fully saturated rings. The van der Waals surface area contributed by atoms with Gasteiger partial charge in [-0.05, 0) is 31.2 Å². The molecule has 0 bridgehead atoms. The summed E-state index contributed by atoms with van der Waals surface area (Å²) in [4.78, 5) is 16.0. The van der Waals surface area contributed by atoms with Crippen LogP contribution >= 0.6 is 0 Å². The van der Waals surface area contributed by atoms with Crippen LogP contribution in [0.25, 0.3) is 23.0 Å². The number of sulfone groups is 1. The summed E-state index contributed by atoms with van der Waals surface area (Å²) in [5.41, 5.74) is 1.64. The predicted molar refractivity (Wildman–Crippen MR) is 90.8 cm³/mol. The van der Waals surface area contributed by atoms with E-state index in [1.165, 1.54) is 23.9 Å². The van der Waals surface area contributed by atoms with Crippen molar-refractivity contribution in [2.75, 3.05) is 13.4 Å². The van der Waals surface area contributed by atoms with Crippen molar-refractivity contribution in [2.24, 2.45) is 0 Å². The van der Waals surface area contributed by atoms with Crippen LogP contribution in [0.1, 0.15) is 5.69 Å². The lowest BCUT2D eigenvalue weighted by Crippen LogP contribution is -2.14. The molecule has 0 atom stereocenters. The summed E-state index contributed by atoms with van der Waals surface area (Å²) in [6.45, 7) is 1.68. The van der Waals surface area contributed by atoms with Gasteiger partial charge in [0.25, 0.3) is 5.89 Å². The summed E-state index contributed by atoms with van der Waals surface area (Å²) in [6.07, 6.45) is 1.12. The zero-order valence-electron chi connectivity index (χ0n) is 14.3. The van der Waals surface area contributed by atoms with Crippen LogP contribution in [-0.4, -0.2) is 47.7 Å². The minimum atomic E-state index is -3.35. The number of aromatic nitrogens is 4. The Balaban J connectivity index is 1.98. The first-order chi connectivity index (χ1) is 12.3. The smallest absolute Gasteiger partial charge is 0.327 e. The van der Waals surface area contributed by atoms with Gasteiger partial charge in [-0.1, -0.05) is 11.2 Å². The largest absolute Gasteiger partial charge is 0.468 e. The molecule has 2 aromatic heterocycles. The molecule has 0 aliphatic rings. The molecule has 136 valence electrons. The van der Waals surface area contributed by atoms with Gasteiger partial charge in [0.15, 0.2) is 9.84 Å². The molecule has 0 amide bonds. The van der Waals surface area contributed by atoms with Crippen molar-refractivity contribution < 1.29 is 22.5 Å². The molecule has 0 aliphatic heterocycles. The van der Waals surface area contributed by atoms with E-state index in [9.17, 15) is 13.2 Å². The van der Waals surface area contributed by atoms with Crippen molar-refractivity contribution in [1.82, 2.24) is 19.9 Å². The lowest BCUT2D eigenvalue weighted by Gasteiger charge is -2.02. The number of rotatable bonds is 5. The Morgan fingerprint density at radius 1 is 1.31 bits per heavy atom. The average molecular weight is 376 g/mol. The highest BCUT2D eigenvalue weighted by molar-refractivity contribution is 7.90. The first kappa shape index (κ1) is 17.8. The lowest BCUT2D eigenvalue weighted by molar-refractivity contribution is -0.141. The Hall–Kier alpha value is -3.01. The Morgan fingerprint density at radius 2 is 2.08 bits per heavy atom. The number of aryl methyl sites for hydroxylation is 1. The van der Waals surface area contributed by atoms with E-state index in [0.29, 0.717) is 17.0 Å². The van der Waals surface area contributed by atoms with Crippen LogP contribution in [0, 0.1) is 6.92 Å². The number of methoxy groups -OCH3 is 1. The lowest BCUT2D eigenvalue weighted by atomic mass is 10.2. The van der Waals surface area contributed by atoms with Gasteiger partial charge in [-0.2, -0.15) is 10.1 Å². The van der Waals surface area contributed by atoms with Gasteiger partial charge in [-0.3, -0.25) is 4.79 Å². The molecule has 0 saturated carbocycles. The minimum Gasteiger partial charge on any atom is -0.468 e. The Kier molecular flexibility index (Phi) is 4.60. The van der Waals surface area contributed by atoms with Crippen molar-refractivity contribution in [3.05, 3.63) is 36.0 Å². The second-order valence-corrected chi connectivity index (χ2v) is 7.64. The predicted octanol–water partition coefficient (Wildman–Crippen LogP) is 1.49. The summed E-state index contributed by atoms with van der Waals surface area (Å²) >= 11 is 0. The molecule has 0 aliphatic carbocycles. The normalized spacial score (nSPS) is 11.5. The molecule has 0 N–H and O–H groups in total. The third-order valence-corrected chi connectivity index (χ3v) is 4.68. The first-order valence-electron chi connectivity index (χ1n) is 7.54. The number of carbonyl (C=O) groups is 1. The van der Waals surface area contributed by atoms with E-state index in [-0.39, 0.29) is 23.2 Å². The standard InChI is InChI=1S/C16H16N4O5S/c1-10-7-13(20(18-10)9-14(21)24-2)15-17-16(25-19-15)11-5-4-6-12(8-11)26(3,22)23/h4-8H,9H2,1-3H3. The molecule has 10 heteroatoms. The fraction of sp³-hybridized carbons (Fsp3) is 0.250. The third kappa shape index (κ3) is 3.64. The van der Waals surface area contributed by atoms with E-state index >= 15 is 0 Å². The fourth-order valence-electron chi connectivity index (χ4n) is 2.34. The van der Waals surface area contributed by atoms with Crippen molar-refractivity contribution in [3.63, 3.8) is 0 Å². The number of nitrogens with zero attached hydrogens (tertiary/aromatic N) is 4. The van der Waals surface area contributed by atoms with Crippen LogP contribution in [0.3, 0.4) is 0 Å². The summed E-state index contributed by atoms with van der Waals surface area (Å²) < 4.78 is 34.7. The average Bonchev–Trinajstić information content (AvgIpc) is 3.20. The minimum absolute atomic E-state index is 0.0902. The Labute approximate surface area is 149 Å². The van der Waals surface area contributed by atoms with Crippen molar-refractivity contribution >= 4 is 15.8 Å². The number of esters is 1. The number of benzene rings is 1. The van der Waals surface area contributed by atoms with Crippen LogP contribution in [0.4, 0.5) is 0 Å². The third-order valence-electron chi connectivity index (χ3n) is 3.57. The number of ether oxygens (including phenoxy) is 1. The zero-order chi connectivity index (χ0) is 18.9. The maximum atomic E-state index is 11.7. The molecular weight excluding hydrogens is 360 g/mol. The van der Waals surface area contributed by atoms with Crippen molar-refractivity contribution in [3.8, 4) is 23.0 Å². The topological polar surface area (TPSA) is 117 Å². The molecular formula is C16H16N4O5S. The van der Waals surface area contributed by atoms with Gasteiger partial charge < -0.3 is 9.26 Å². The van der Waals surface area contributed by atoms with Crippen LogP contribution in [0.2, 0.25) is 0 Å². The molecule has 26 heavy (non-hydrogen) atoms. The van der Waals surface area contributed by atoms with Gasteiger partial charge in [-0.15, -0.1) is 0 Å². The van der Waals surface area contributed by atoms with Gasteiger partial charge in [-0.25, -0.2) is 13.1 Å². The molecule has 1 aromatic carbocycles. The molecule has 9 nitrogen and oxygen atoms in total. The molecule has 0 saturated heterocycles.